The van der Waals surface area contributed by atoms with Crippen LogP contribution in [0.3, 0.4) is 0 Å². The van der Waals surface area contributed by atoms with E-state index in [1.54, 1.807) is 11.5 Å². The van der Waals surface area contributed by atoms with Gasteiger partial charge in [-0.05, 0) is 18.6 Å². The number of hydroxylamine groups is 1. The van der Waals surface area contributed by atoms with E-state index in [0.717, 1.165) is 13.3 Å². The second-order valence-electron chi connectivity index (χ2n) is 4.64. The van der Waals surface area contributed by atoms with E-state index in [4.69, 9.17) is 0 Å². The molecule has 1 rings (SSSR count). The normalized spacial score (nSPS) is 10.6. The van der Waals surface area contributed by atoms with E-state index in [0.29, 0.717) is 6.54 Å². The van der Waals surface area contributed by atoms with Crippen molar-refractivity contribution in [1.29, 1.82) is 0 Å². The maximum atomic E-state index is 12.2. The summed E-state index contributed by atoms with van der Waals surface area (Å²) < 4.78 is 28.7. The molecule has 1 aromatic carbocycles. The van der Waals surface area contributed by atoms with Crippen molar-refractivity contribution in [3.63, 3.8) is 0 Å². The number of rotatable bonds is 7. The van der Waals surface area contributed by atoms with Gasteiger partial charge in [-0.2, -0.15) is 13.9 Å². The van der Waals surface area contributed by atoms with Crippen LogP contribution in [0.15, 0.2) is 29.2 Å². The zero-order chi connectivity index (χ0) is 18.2. The van der Waals surface area contributed by atoms with Gasteiger partial charge in [-0.15, -0.1) is 0 Å². The summed E-state index contributed by atoms with van der Waals surface area (Å²) >= 11 is 0. The Morgan fingerprint density at radius 2 is 1.79 bits per heavy atom. The first-order chi connectivity index (χ1) is 11.3. The lowest BCUT2D eigenvalue weighted by Gasteiger charge is -2.11. The lowest BCUT2D eigenvalue weighted by molar-refractivity contribution is -0.160. The Morgan fingerprint density at radius 1 is 1.12 bits per heavy atom. The molecule has 0 aromatic heterocycles. The van der Waals surface area contributed by atoms with Crippen molar-refractivity contribution in [2.24, 2.45) is 0 Å². The van der Waals surface area contributed by atoms with Crippen LogP contribution in [0.5, 0.6) is 0 Å². The van der Waals surface area contributed by atoms with E-state index in [1.165, 1.54) is 18.2 Å². The third-order valence-corrected chi connectivity index (χ3v) is 3.82. The molecule has 0 aliphatic heterocycles. The van der Waals surface area contributed by atoms with Crippen molar-refractivity contribution in [2.45, 2.75) is 31.6 Å². The Hall–Kier alpha value is -2.62. The number of carbonyl (C=O) groups is 3. The van der Waals surface area contributed by atoms with Gasteiger partial charge in [0.1, 0.15) is 11.3 Å². The summed E-state index contributed by atoms with van der Waals surface area (Å²) in [4.78, 5) is 37.4. The minimum Gasteiger partial charge on any atom is -0.384 e. The van der Waals surface area contributed by atoms with Gasteiger partial charge in [0.2, 0.25) is 5.91 Å². The number of amides is 1. The van der Waals surface area contributed by atoms with E-state index in [2.05, 4.69) is 14.3 Å². The SMILES string of the molecule is CCCNc1ccccc1S(=O)(=O)OC(=O)CC(=O)ONC(C)=O. The summed E-state index contributed by atoms with van der Waals surface area (Å²) in [5, 5.41) is 2.91. The van der Waals surface area contributed by atoms with Crippen molar-refractivity contribution in [3.05, 3.63) is 24.3 Å². The highest BCUT2D eigenvalue weighted by molar-refractivity contribution is 7.87. The van der Waals surface area contributed by atoms with Gasteiger partial charge in [0, 0.05) is 13.5 Å². The monoisotopic (exact) mass is 358 g/mol. The van der Waals surface area contributed by atoms with Gasteiger partial charge >= 0.3 is 22.1 Å². The number of hydrogen-bond acceptors (Lipinski definition) is 8. The van der Waals surface area contributed by atoms with Crippen LogP contribution in [0.4, 0.5) is 5.69 Å². The average Bonchev–Trinajstić information content (AvgIpc) is 2.50. The van der Waals surface area contributed by atoms with E-state index < -0.39 is 34.4 Å². The first kappa shape index (κ1) is 19.4. The molecule has 0 saturated heterocycles. The third kappa shape index (κ3) is 6.24. The van der Waals surface area contributed by atoms with Crippen molar-refractivity contribution in [2.75, 3.05) is 11.9 Å². The van der Waals surface area contributed by atoms with Crippen LogP contribution >= 0.6 is 0 Å². The van der Waals surface area contributed by atoms with Crippen LogP contribution in [0, 0.1) is 0 Å². The second kappa shape index (κ2) is 8.87. The smallest absolute Gasteiger partial charge is 0.343 e. The molecule has 0 radical (unpaired) electrons. The maximum absolute atomic E-state index is 12.2. The minimum absolute atomic E-state index is 0.220. The van der Waals surface area contributed by atoms with Crippen molar-refractivity contribution < 1.29 is 31.8 Å². The number of benzene rings is 1. The first-order valence-electron chi connectivity index (χ1n) is 7.02. The van der Waals surface area contributed by atoms with Gasteiger partial charge in [-0.3, -0.25) is 9.59 Å². The molecule has 0 unspecified atom stereocenters. The highest BCUT2D eigenvalue weighted by Crippen LogP contribution is 2.23. The van der Waals surface area contributed by atoms with Crippen molar-refractivity contribution >= 4 is 33.7 Å². The summed E-state index contributed by atoms with van der Waals surface area (Å²) in [5.41, 5.74) is 2.01. The summed E-state index contributed by atoms with van der Waals surface area (Å²) in [6, 6.07) is 5.91. The molecule has 0 atom stereocenters. The fraction of sp³-hybridized carbons (Fsp3) is 0.357. The molecule has 0 saturated carbocycles. The molecular weight excluding hydrogens is 340 g/mol. The molecule has 0 aliphatic rings. The van der Waals surface area contributed by atoms with Gasteiger partial charge in [-0.25, -0.2) is 4.79 Å². The molecule has 10 heteroatoms. The molecule has 2 N–H and O–H groups in total. The molecule has 132 valence electrons. The summed E-state index contributed by atoms with van der Waals surface area (Å²) in [6.45, 7) is 3.53. The highest BCUT2D eigenvalue weighted by Gasteiger charge is 2.25. The average molecular weight is 358 g/mol. The topological polar surface area (TPSA) is 128 Å². The number of nitrogens with one attached hydrogen (secondary N) is 2. The predicted octanol–water partition coefficient (Wildman–Crippen LogP) is 0.725. The van der Waals surface area contributed by atoms with Gasteiger partial charge in [0.15, 0.2) is 0 Å². The lowest BCUT2D eigenvalue weighted by atomic mass is 10.3. The summed E-state index contributed by atoms with van der Waals surface area (Å²) in [5.74, 6) is -3.13. The standard InChI is InChI=1S/C14H18N2O7S/c1-3-8-15-11-6-4-5-7-12(11)24(20,21)23-14(19)9-13(18)22-16-10(2)17/h4-7,15H,3,8-9H2,1-2H3,(H,16,17). The Bertz CT molecular complexity index is 716. The van der Waals surface area contributed by atoms with Crippen LogP contribution in [0.2, 0.25) is 0 Å². The van der Waals surface area contributed by atoms with E-state index in [-0.39, 0.29) is 10.6 Å². The fourth-order valence-electron chi connectivity index (χ4n) is 1.57. The van der Waals surface area contributed by atoms with Crippen LogP contribution in [-0.2, 0) is 33.5 Å². The Labute approximate surface area is 139 Å². The van der Waals surface area contributed by atoms with Crippen LogP contribution < -0.4 is 10.8 Å². The molecule has 0 heterocycles. The number of para-hydroxylation sites is 1. The van der Waals surface area contributed by atoms with Crippen LogP contribution in [0.1, 0.15) is 26.7 Å². The van der Waals surface area contributed by atoms with Crippen molar-refractivity contribution in [1.82, 2.24) is 5.48 Å². The number of hydrogen-bond donors (Lipinski definition) is 2. The molecule has 24 heavy (non-hydrogen) atoms. The first-order valence-corrected chi connectivity index (χ1v) is 8.43. The molecular formula is C14H18N2O7S. The van der Waals surface area contributed by atoms with Gasteiger partial charge in [0.25, 0.3) is 0 Å². The number of carbonyl (C=O) groups excluding carboxylic acids is 3. The van der Waals surface area contributed by atoms with Crippen LogP contribution in [-0.4, -0.2) is 32.8 Å². The summed E-state index contributed by atoms with van der Waals surface area (Å²) in [7, 11) is -4.40. The Kier molecular flexibility index (Phi) is 7.18. The van der Waals surface area contributed by atoms with E-state index in [1.807, 2.05) is 6.92 Å². The number of anilines is 1. The predicted molar refractivity (Wildman–Crippen MR) is 83.0 cm³/mol. The summed E-state index contributed by atoms with van der Waals surface area (Å²) in [6.07, 6.45) is -0.201. The van der Waals surface area contributed by atoms with Crippen molar-refractivity contribution in [3.8, 4) is 0 Å². The zero-order valence-corrected chi connectivity index (χ0v) is 14.0. The maximum Gasteiger partial charge on any atom is 0.343 e. The van der Waals surface area contributed by atoms with Gasteiger partial charge < -0.3 is 14.3 Å². The molecule has 0 fully saturated rings. The fourth-order valence-corrected chi connectivity index (χ4v) is 2.62. The molecule has 0 bridgehead atoms. The molecule has 0 spiro atoms. The minimum atomic E-state index is -4.40. The van der Waals surface area contributed by atoms with Gasteiger partial charge in [-0.1, -0.05) is 19.1 Å². The molecule has 0 aliphatic carbocycles. The quantitative estimate of drug-likeness (QED) is 0.415. The van der Waals surface area contributed by atoms with Crippen LogP contribution in [0.25, 0.3) is 0 Å². The lowest BCUT2D eigenvalue weighted by Crippen LogP contribution is -2.26. The van der Waals surface area contributed by atoms with E-state index in [9.17, 15) is 22.8 Å². The molecule has 1 aromatic rings. The zero-order valence-electron chi connectivity index (χ0n) is 13.2. The highest BCUT2D eigenvalue weighted by atomic mass is 32.2. The van der Waals surface area contributed by atoms with Gasteiger partial charge in [0.05, 0.1) is 5.69 Å². The Morgan fingerprint density at radius 3 is 2.42 bits per heavy atom. The Balaban J connectivity index is 2.77. The van der Waals surface area contributed by atoms with E-state index >= 15 is 0 Å². The molecule has 9 nitrogen and oxygen atoms in total. The molecule has 1 amide bonds. The largest absolute Gasteiger partial charge is 0.384 e. The third-order valence-electron chi connectivity index (χ3n) is 2.52. The second-order valence-corrected chi connectivity index (χ2v) is 6.16.